The second kappa shape index (κ2) is 6.95. The van der Waals surface area contributed by atoms with Crippen molar-refractivity contribution in [1.82, 2.24) is 10.6 Å². The number of rotatable bonds is 3. The molecule has 2 rings (SSSR count). The molecule has 1 aromatic rings. The summed E-state index contributed by atoms with van der Waals surface area (Å²) in [7, 11) is 0. The molecule has 20 heavy (non-hydrogen) atoms. The van der Waals surface area contributed by atoms with Gasteiger partial charge in [-0.15, -0.1) is 0 Å². The molecule has 0 heterocycles. The third kappa shape index (κ3) is 3.99. The number of amides is 2. The van der Waals surface area contributed by atoms with Gasteiger partial charge in [0.05, 0.1) is 6.07 Å². The van der Waals surface area contributed by atoms with Crippen LogP contribution in [0.5, 0.6) is 0 Å². The third-order valence-corrected chi connectivity index (χ3v) is 3.76. The van der Waals surface area contributed by atoms with Gasteiger partial charge in [0.15, 0.2) is 0 Å². The van der Waals surface area contributed by atoms with E-state index in [9.17, 15) is 10.1 Å². The van der Waals surface area contributed by atoms with Crippen molar-refractivity contribution in [3.05, 3.63) is 35.4 Å². The molecule has 1 unspecified atom stereocenters. The number of nitriles is 1. The van der Waals surface area contributed by atoms with Gasteiger partial charge in [-0.3, -0.25) is 0 Å². The quantitative estimate of drug-likeness (QED) is 0.886. The van der Waals surface area contributed by atoms with Crippen molar-refractivity contribution < 1.29 is 4.79 Å². The Hall–Kier alpha value is -2.02. The van der Waals surface area contributed by atoms with Crippen LogP contribution in [0.1, 0.15) is 49.3 Å². The molecule has 1 aromatic carbocycles. The number of carbonyl (C=O) groups is 1. The van der Waals surface area contributed by atoms with Crippen LogP contribution in [0.4, 0.5) is 4.79 Å². The van der Waals surface area contributed by atoms with E-state index in [0.29, 0.717) is 0 Å². The zero-order valence-corrected chi connectivity index (χ0v) is 11.9. The molecular formula is C16H21N3O. The second-order valence-corrected chi connectivity index (χ2v) is 5.43. The van der Waals surface area contributed by atoms with Crippen molar-refractivity contribution in [2.75, 3.05) is 0 Å². The molecule has 0 radical (unpaired) electrons. The maximum absolute atomic E-state index is 11.9. The topological polar surface area (TPSA) is 64.9 Å². The summed E-state index contributed by atoms with van der Waals surface area (Å²) in [5.41, 5.74) is 1.95. The maximum atomic E-state index is 11.9. The van der Waals surface area contributed by atoms with Gasteiger partial charge in [0.2, 0.25) is 0 Å². The van der Waals surface area contributed by atoms with E-state index in [1.165, 1.54) is 19.3 Å². The number of hydrogen-bond donors (Lipinski definition) is 2. The lowest BCUT2D eigenvalue weighted by Gasteiger charge is -2.23. The molecule has 4 heteroatoms. The van der Waals surface area contributed by atoms with Crippen molar-refractivity contribution in [2.24, 2.45) is 0 Å². The van der Waals surface area contributed by atoms with Gasteiger partial charge in [-0.05, 0) is 25.3 Å². The first-order valence-corrected chi connectivity index (χ1v) is 7.22. The minimum absolute atomic E-state index is 0.246. The predicted octanol–water partition coefficient (Wildman–Crippen LogP) is 3.19. The second-order valence-electron chi connectivity index (χ2n) is 5.43. The number of carbonyl (C=O) groups excluding carboxylic acids is 1. The van der Waals surface area contributed by atoms with E-state index in [4.69, 9.17) is 0 Å². The maximum Gasteiger partial charge on any atom is 0.316 e. The first-order valence-electron chi connectivity index (χ1n) is 7.22. The fourth-order valence-electron chi connectivity index (χ4n) is 2.55. The van der Waals surface area contributed by atoms with Crippen molar-refractivity contribution in [2.45, 2.75) is 51.1 Å². The van der Waals surface area contributed by atoms with E-state index >= 15 is 0 Å². The fourth-order valence-corrected chi connectivity index (χ4v) is 2.55. The van der Waals surface area contributed by atoms with Crippen LogP contribution in [-0.2, 0) is 0 Å². The van der Waals surface area contributed by atoms with Crippen molar-refractivity contribution in [3.63, 3.8) is 0 Å². The van der Waals surface area contributed by atoms with Crippen molar-refractivity contribution in [1.29, 1.82) is 5.26 Å². The highest BCUT2D eigenvalue weighted by atomic mass is 16.2. The average molecular weight is 271 g/mol. The van der Waals surface area contributed by atoms with Gasteiger partial charge in [0.1, 0.15) is 6.04 Å². The lowest BCUT2D eigenvalue weighted by Crippen LogP contribution is -2.43. The summed E-state index contributed by atoms with van der Waals surface area (Å²) >= 11 is 0. The molecular weight excluding hydrogens is 250 g/mol. The Balaban J connectivity index is 1.90. The fraction of sp³-hybridized carbons (Fsp3) is 0.500. The highest BCUT2D eigenvalue weighted by Gasteiger charge is 2.18. The van der Waals surface area contributed by atoms with E-state index in [0.717, 1.165) is 24.0 Å². The summed E-state index contributed by atoms with van der Waals surface area (Å²) in [6, 6.07) is 9.19. The van der Waals surface area contributed by atoms with Crippen LogP contribution in [0.2, 0.25) is 0 Å². The largest absolute Gasteiger partial charge is 0.335 e. The molecule has 2 amide bonds. The summed E-state index contributed by atoms with van der Waals surface area (Å²) in [5, 5.41) is 14.9. The Morgan fingerprint density at radius 2 is 1.90 bits per heavy atom. The van der Waals surface area contributed by atoms with Gasteiger partial charge in [-0.2, -0.15) is 5.26 Å². The molecule has 0 bridgehead atoms. The van der Waals surface area contributed by atoms with Crippen LogP contribution in [0.25, 0.3) is 0 Å². The molecule has 1 saturated carbocycles. The summed E-state index contributed by atoms with van der Waals surface area (Å²) in [5.74, 6) is 0. The summed E-state index contributed by atoms with van der Waals surface area (Å²) in [6.45, 7) is 1.99. The van der Waals surface area contributed by atoms with Gasteiger partial charge < -0.3 is 10.6 Å². The number of benzene rings is 1. The standard InChI is InChI=1S/C16H21N3O/c1-12-7-9-13(10-8-12)15(11-17)19-16(20)18-14-5-3-2-4-6-14/h7-10,14-15H,2-6H2,1H3,(H2,18,19,20). The molecule has 4 nitrogen and oxygen atoms in total. The third-order valence-electron chi connectivity index (χ3n) is 3.76. The van der Waals surface area contributed by atoms with Gasteiger partial charge >= 0.3 is 6.03 Å². The van der Waals surface area contributed by atoms with Gasteiger partial charge in [-0.1, -0.05) is 49.1 Å². The van der Waals surface area contributed by atoms with Crippen molar-refractivity contribution in [3.8, 4) is 6.07 Å². The molecule has 1 aliphatic rings. The number of hydrogen-bond acceptors (Lipinski definition) is 2. The first kappa shape index (κ1) is 14.4. The number of nitrogens with zero attached hydrogens (tertiary/aromatic N) is 1. The van der Waals surface area contributed by atoms with E-state index in [2.05, 4.69) is 16.7 Å². The Morgan fingerprint density at radius 3 is 2.50 bits per heavy atom. The minimum Gasteiger partial charge on any atom is -0.335 e. The Kier molecular flexibility index (Phi) is 5.00. The molecule has 0 saturated heterocycles. The van der Waals surface area contributed by atoms with Gasteiger partial charge in [0, 0.05) is 6.04 Å². The molecule has 1 fully saturated rings. The summed E-state index contributed by atoms with van der Waals surface area (Å²) < 4.78 is 0. The molecule has 106 valence electrons. The highest BCUT2D eigenvalue weighted by Crippen LogP contribution is 2.18. The van der Waals surface area contributed by atoms with Gasteiger partial charge in [0.25, 0.3) is 0 Å². The van der Waals surface area contributed by atoms with Crippen molar-refractivity contribution >= 4 is 6.03 Å². The number of nitrogens with one attached hydrogen (secondary N) is 2. The monoisotopic (exact) mass is 271 g/mol. The Labute approximate surface area is 120 Å². The van der Waals surface area contributed by atoms with Crippen LogP contribution in [0.15, 0.2) is 24.3 Å². The van der Waals surface area contributed by atoms with E-state index < -0.39 is 6.04 Å². The number of aryl methyl sites for hydroxylation is 1. The highest BCUT2D eigenvalue weighted by molar-refractivity contribution is 5.75. The molecule has 0 aliphatic heterocycles. The SMILES string of the molecule is Cc1ccc(C(C#N)NC(=O)NC2CCCCC2)cc1. The minimum atomic E-state index is -0.598. The zero-order chi connectivity index (χ0) is 14.4. The van der Waals surface area contributed by atoms with Crippen LogP contribution in [0.3, 0.4) is 0 Å². The van der Waals surface area contributed by atoms with E-state index in [1.807, 2.05) is 31.2 Å². The lowest BCUT2D eigenvalue weighted by molar-refractivity contribution is 0.231. The van der Waals surface area contributed by atoms with Crippen LogP contribution < -0.4 is 10.6 Å². The zero-order valence-electron chi connectivity index (χ0n) is 11.9. The van der Waals surface area contributed by atoms with Crippen LogP contribution >= 0.6 is 0 Å². The van der Waals surface area contributed by atoms with Crippen LogP contribution in [-0.4, -0.2) is 12.1 Å². The lowest BCUT2D eigenvalue weighted by atomic mass is 9.96. The smallest absolute Gasteiger partial charge is 0.316 e. The molecule has 1 aliphatic carbocycles. The van der Waals surface area contributed by atoms with E-state index in [1.54, 1.807) is 0 Å². The Morgan fingerprint density at radius 1 is 1.25 bits per heavy atom. The summed E-state index contributed by atoms with van der Waals surface area (Å²) in [4.78, 5) is 11.9. The average Bonchev–Trinajstić information content (AvgIpc) is 2.47. The summed E-state index contributed by atoms with van der Waals surface area (Å²) in [6.07, 6.45) is 5.67. The molecule has 0 spiro atoms. The molecule has 2 N–H and O–H groups in total. The van der Waals surface area contributed by atoms with Gasteiger partial charge in [-0.25, -0.2) is 4.79 Å². The normalized spacial score (nSPS) is 17.0. The molecule has 0 aromatic heterocycles. The Bertz CT molecular complexity index is 483. The first-order chi connectivity index (χ1) is 9.69. The van der Waals surface area contributed by atoms with E-state index in [-0.39, 0.29) is 12.1 Å². The molecule has 1 atom stereocenters. The number of urea groups is 1. The predicted molar refractivity (Wildman–Crippen MR) is 78.1 cm³/mol. The van der Waals surface area contributed by atoms with Crippen LogP contribution in [0, 0.1) is 18.3 Å².